The second kappa shape index (κ2) is 4.34. The Morgan fingerprint density at radius 2 is 2.31 bits per heavy atom. The maximum atomic E-state index is 5.95. The molecule has 0 aliphatic carbocycles. The highest BCUT2D eigenvalue weighted by Gasteiger charge is 2.18. The molecule has 3 heteroatoms. The third-order valence-corrected chi connectivity index (χ3v) is 3.46. The van der Waals surface area contributed by atoms with Gasteiger partial charge in [-0.05, 0) is 31.5 Å². The van der Waals surface area contributed by atoms with E-state index in [-0.39, 0.29) is 0 Å². The quantitative estimate of drug-likeness (QED) is 0.809. The van der Waals surface area contributed by atoms with Gasteiger partial charge in [0.25, 0.3) is 0 Å². The molecule has 3 nitrogen and oxygen atoms in total. The zero-order valence-corrected chi connectivity index (χ0v) is 9.46. The van der Waals surface area contributed by atoms with E-state index in [2.05, 4.69) is 28.8 Å². The fourth-order valence-electron chi connectivity index (χ4n) is 2.51. The fourth-order valence-corrected chi connectivity index (χ4v) is 2.51. The molecule has 1 aromatic rings. The smallest absolute Gasteiger partial charge is 0.124 e. The molecule has 2 aliphatic rings. The lowest BCUT2D eigenvalue weighted by Gasteiger charge is -2.13. The van der Waals surface area contributed by atoms with E-state index in [9.17, 15) is 0 Å². The van der Waals surface area contributed by atoms with Gasteiger partial charge in [-0.2, -0.15) is 0 Å². The van der Waals surface area contributed by atoms with Crippen molar-refractivity contribution in [1.82, 2.24) is 5.32 Å². The number of hydrogen-bond donors (Lipinski definition) is 2. The number of fused-ring (bicyclic) bond motifs is 1. The summed E-state index contributed by atoms with van der Waals surface area (Å²) < 4.78 is 5.95. The average Bonchev–Trinajstić information content (AvgIpc) is 2.97. The maximum Gasteiger partial charge on any atom is 0.124 e. The van der Waals surface area contributed by atoms with E-state index in [0.29, 0.717) is 5.92 Å². The van der Waals surface area contributed by atoms with Gasteiger partial charge in [-0.1, -0.05) is 6.07 Å². The summed E-state index contributed by atoms with van der Waals surface area (Å²) in [4.78, 5) is 0. The third-order valence-electron chi connectivity index (χ3n) is 3.46. The predicted molar refractivity (Wildman–Crippen MR) is 65.1 cm³/mol. The van der Waals surface area contributed by atoms with Crippen LogP contribution >= 0.6 is 0 Å². The van der Waals surface area contributed by atoms with Crippen molar-refractivity contribution < 1.29 is 4.74 Å². The zero-order valence-electron chi connectivity index (χ0n) is 9.46. The minimum absolute atomic E-state index is 0.685. The summed E-state index contributed by atoms with van der Waals surface area (Å²) in [5.74, 6) is 1.76. The molecule has 2 aliphatic heterocycles. The molecule has 1 atom stereocenters. The molecule has 1 aromatic carbocycles. The molecule has 0 bridgehead atoms. The van der Waals surface area contributed by atoms with Crippen molar-refractivity contribution in [1.29, 1.82) is 0 Å². The van der Waals surface area contributed by atoms with Gasteiger partial charge in [0.1, 0.15) is 5.75 Å². The molecule has 0 amide bonds. The van der Waals surface area contributed by atoms with Crippen LogP contribution in [0.2, 0.25) is 0 Å². The molecule has 16 heavy (non-hydrogen) atoms. The average molecular weight is 218 g/mol. The van der Waals surface area contributed by atoms with E-state index >= 15 is 0 Å². The largest absolute Gasteiger partial charge is 0.493 e. The van der Waals surface area contributed by atoms with Gasteiger partial charge in [-0.25, -0.2) is 0 Å². The van der Waals surface area contributed by atoms with Crippen molar-refractivity contribution in [2.24, 2.45) is 5.92 Å². The molecule has 0 aromatic heterocycles. The Morgan fingerprint density at radius 1 is 1.31 bits per heavy atom. The van der Waals surface area contributed by atoms with Gasteiger partial charge in [0.15, 0.2) is 0 Å². The minimum atomic E-state index is 0.685. The number of anilines is 1. The highest BCUT2D eigenvalue weighted by Crippen LogP contribution is 2.31. The maximum absolute atomic E-state index is 5.95. The van der Waals surface area contributed by atoms with Crippen molar-refractivity contribution in [3.8, 4) is 5.75 Å². The van der Waals surface area contributed by atoms with Crippen LogP contribution in [0.3, 0.4) is 0 Å². The van der Waals surface area contributed by atoms with Crippen molar-refractivity contribution in [2.75, 3.05) is 31.6 Å². The topological polar surface area (TPSA) is 33.3 Å². The Balaban J connectivity index is 1.67. The lowest BCUT2D eigenvalue weighted by molar-refractivity contribution is 0.258. The Kier molecular flexibility index (Phi) is 2.70. The van der Waals surface area contributed by atoms with Gasteiger partial charge in [0.05, 0.1) is 6.61 Å². The molecule has 1 saturated heterocycles. The number of ether oxygens (including phenoxy) is 1. The number of benzene rings is 1. The first-order chi connectivity index (χ1) is 7.93. The van der Waals surface area contributed by atoms with E-state index in [1.54, 1.807) is 0 Å². The highest BCUT2D eigenvalue weighted by molar-refractivity contribution is 5.61. The first kappa shape index (κ1) is 9.97. The van der Waals surface area contributed by atoms with Crippen LogP contribution in [0.25, 0.3) is 0 Å². The molecule has 3 rings (SSSR count). The molecule has 86 valence electrons. The summed E-state index contributed by atoms with van der Waals surface area (Å²) in [5.41, 5.74) is 2.61. The fraction of sp³-hybridized carbons (Fsp3) is 0.538. The molecule has 0 saturated carbocycles. The van der Waals surface area contributed by atoms with Gasteiger partial charge in [-0.15, -0.1) is 0 Å². The van der Waals surface area contributed by atoms with Gasteiger partial charge in [-0.3, -0.25) is 0 Å². The number of rotatable bonds is 3. The Labute approximate surface area is 96.2 Å². The summed E-state index contributed by atoms with van der Waals surface area (Å²) in [6, 6.07) is 6.29. The molecular weight excluding hydrogens is 200 g/mol. The van der Waals surface area contributed by atoms with Crippen LogP contribution in [0, 0.1) is 5.92 Å². The molecule has 1 fully saturated rings. The van der Waals surface area contributed by atoms with Crippen molar-refractivity contribution in [3.63, 3.8) is 0 Å². The Hall–Kier alpha value is -1.22. The van der Waals surface area contributed by atoms with Crippen LogP contribution in [-0.4, -0.2) is 26.2 Å². The predicted octanol–water partition coefficient (Wildman–Crippen LogP) is 1.64. The second-order valence-electron chi connectivity index (χ2n) is 4.63. The first-order valence-electron chi connectivity index (χ1n) is 6.13. The monoisotopic (exact) mass is 218 g/mol. The number of hydrogen-bond acceptors (Lipinski definition) is 3. The van der Waals surface area contributed by atoms with Crippen LogP contribution in [-0.2, 0) is 6.42 Å². The second-order valence-corrected chi connectivity index (χ2v) is 4.63. The normalized spacial score (nSPS) is 22.9. The van der Waals surface area contributed by atoms with Gasteiger partial charge < -0.3 is 15.4 Å². The van der Waals surface area contributed by atoms with Crippen LogP contribution < -0.4 is 15.4 Å². The zero-order chi connectivity index (χ0) is 10.8. The third kappa shape index (κ3) is 1.87. The van der Waals surface area contributed by atoms with Gasteiger partial charge >= 0.3 is 0 Å². The molecule has 2 N–H and O–H groups in total. The molecular formula is C13H18N2O. The Morgan fingerprint density at radius 3 is 3.19 bits per heavy atom. The van der Waals surface area contributed by atoms with Crippen molar-refractivity contribution >= 4 is 5.69 Å². The summed E-state index contributed by atoms with van der Waals surface area (Å²) in [6.07, 6.45) is 2.34. The van der Waals surface area contributed by atoms with Crippen LogP contribution in [0.15, 0.2) is 18.2 Å². The summed E-state index contributed by atoms with van der Waals surface area (Å²) in [5, 5.41) is 6.74. The van der Waals surface area contributed by atoms with E-state index in [1.807, 2.05) is 0 Å². The van der Waals surface area contributed by atoms with E-state index in [0.717, 1.165) is 38.4 Å². The minimum Gasteiger partial charge on any atom is -0.493 e. The summed E-state index contributed by atoms with van der Waals surface area (Å²) in [6.45, 7) is 4.14. The van der Waals surface area contributed by atoms with E-state index < -0.39 is 0 Å². The lowest BCUT2D eigenvalue weighted by atomic mass is 10.1. The number of nitrogens with one attached hydrogen (secondary N) is 2. The summed E-state index contributed by atoms with van der Waals surface area (Å²) >= 11 is 0. The van der Waals surface area contributed by atoms with Gasteiger partial charge in [0, 0.05) is 30.3 Å². The standard InChI is InChI=1S/C13H18N2O/c1-2-12-11(5-7-15-12)13(3-1)16-9-10-4-6-14-8-10/h1-3,10,14-15H,4-9H2. The van der Waals surface area contributed by atoms with Crippen LogP contribution in [0.5, 0.6) is 5.75 Å². The molecule has 1 unspecified atom stereocenters. The van der Waals surface area contributed by atoms with Crippen molar-refractivity contribution in [3.05, 3.63) is 23.8 Å². The summed E-state index contributed by atoms with van der Waals surface area (Å²) in [7, 11) is 0. The highest BCUT2D eigenvalue weighted by atomic mass is 16.5. The molecule has 0 spiro atoms. The molecule has 2 heterocycles. The van der Waals surface area contributed by atoms with E-state index in [1.165, 1.54) is 17.7 Å². The Bertz CT molecular complexity index is 372. The SMILES string of the molecule is c1cc2c(c(OCC3CCNC3)c1)CCN2. The lowest BCUT2D eigenvalue weighted by Crippen LogP contribution is -2.15. The van der Waals surface area contributed by atoms with Gasteiger partial charge in [0.2, 0.25) is 0 Å². The first-order valence-corrected chi connectivity index (χ1v) is 6.13. The molecule has 0 radical (unpaired) electrons. The van der Waals surface area contributed by atoms with Crippen molar-refractivity contribution in [2.45, 2.75) is 12.8 Å². The van der Waals surface area contributed by atoms with E-state index in [4.69, 9.17) is 4.74 Å². The van der Waals surface area contributed by atoms with Crippen LogP contribution in [0.1, 0.15) is 12.0 Å². The van der Waals surface area contributed by atoms with Crippen LogP contribution in [0.4, 0.5) is 5.69 Å².